The standard InChI is InChI=1S/C15H22N4O2S/c1-11-4-5-13(17-16-11)19-9-15(10-19)6-12(8-22-15)21-7-14(20)18(2)3/h4-5,12H,6-10H2,1-3H3. The van der Waals surface area contributed by atoms with E-state index >= 15 is 0 Å². The van der Waals surface area contributed by atoms with E-state index in [0.717, 1.165) is 36.8 Å². The Hall–Kier alpha value is -1.34. The molecule has 0 N–H and O–H groups in total. The first-order valence-electron chi connectivity index (χ1n) is 7.48. The van der Waals surface area contributed by atoms with Crippen LogP contribution in [-0.4, -0.2) is 71.4 Å². The predicted octanol–water partition coefficient (Wildman–Crippen LogP) is 0.954. The zero-order chi connectivity index (χ0) is 15.7. The third kappa shape index (κ3) is 3.20. The number of rotatable bonds is 4. The van der Waals surface area contributed by atoms with Crippen molar-refractivity contribution in [3.05, 3.63) is 17.8 Å². The molecule has 3 heterocycles. The van der Waals surface area contributed by atoms with Crippen LogP contribution in [0.4, 0.5) is 5.82 Å². The van der Waals surface area contributed by atoms with Gasteiger partial charge in [-0.2, -0.15) is 5.10 Å². The van der Waals surface area contributed by atoms with Crippen LogP contribution < -0.4 is 4.90 Å². The smallest absolute Gasteiger partial charge is 0.248 e. The molecular weight excluding hydrogens is 300 g/mol. The summed E-state index contributed by atoms with van der Waals surface area (Å²) >= 11 is 1.96. The van der Waals surface area contributed by atoms with Gasteiger partial charge in [-0.05, 0) is 25.5 Å². The van der Waals surface area contributed by atoms with Gasteiger partial charge in [0.05, 0.1) is 16.5 Å². The summed E-state index contributed by atoms with van der Waals surface area (Å²) in [6.45, 7) is 4.09. The number of hydrogen-bond donors (Lipinski definition) is 0. The number of nitrogens with zero attached hydrogens (tertiary/aromatic N) is 4. The van der Waals surface area contributed by atoms with Crippen molar-refractivity contribution >= 4 is 23.5 Å². The predicted molar refractivity (Wildman–Crippen MR) is 87.2 cm³/mol. The van der Waals surface area contributed by atoms with Crippen LogP contribution in [0.3, 0.4) is 0 Å². The second kappa shape index (κ2) is 6.04. The summed E-state index contributed by atoms with van der Waals surface area (Å²) in [6.07, 6.45) is 1.19. The second-order valence-electron chi connectivity index (χ2n) is 6.31. The molecule has 0 saturated carbocycles. The largest absolute Gasteiger partial charge is 0.367 e. The monoisotopic (exact) mass is 322 g/mol. The van der Waals surface area contributed by atoms with E-state index in [2.05, 4.69) is 15.1 Å². The summed E-state index contributed by atoms with van der Waals surface area (Å²) in [6, 6.07) is 4.02. The number of hydrogen-bond acceptors (Lipinski definition) is 6. The number of carbonyl (C=O) groups is 1. The van der Waals surface area contributed by atoms with E-state index in [9.17, 15) is 4.79 Å². The topological polar surface area (TPSA) is 58.6 Å². The molecule has 1 unspecified atom stereocenters. The number of aromatic nitrogens is 2. The van der Waals surface area contributed by atoms with E-state index in [-0.39, 0.29) is 23.4 Å². The molecule has 1 atom stereocenters. The van der Waals surface area contributed by atoms with Gasteiger partial charge in [0, 0.05) is 32.9 Å². The van der Waals surface area contributed by atoms with Crippen molar-refractivity contribution in [1.82, 2.24) is 15.1 Å². The van der Waals surface area contributed by atoms with Crippen molar-refractivity contribution in [2.24, 2.45) is 0 Å². The summed E-state index contributed by atoms with van der Waals surface area (Å²) in [7, 11) is 3.51. The van der Waals surface area contributed by atoms with Gasteiger partial charge in [0.25, 0.3) is 0 Å². The third-order valence-electron chi connectivity index (χ3n) is 4.18. The van der Waals surface area contributed by atoms with E-state index in [4.69, 9.17) is 4.74 Å². The molecule has 2 saturated heterocycles. The van der Waals surface area contributed by atoms with E-state index in [1.165, 1.54) is 0 Å². The molecule has 120 valence electrons. The molecule has 1 aromatic heterocycles. The summed E-state index contributed by atoms with van der Waals surface area (Å²) < 4.78 is 6.02. The molecule has 0 radical (unpaired) electrons. The normalized spacial score (nSPS) is 22.7. The molecule has 2 aliphatic rings. The number of amides is 1. The molecule has 0 bridgehead atoms. The highest BCUT2D eigenvalue weighted by Gasteiger charge is 2.50. The van der Waals surface area contributed by atoms with Crippen molar-refractivity contribution in [3.8, 4) is 0 Å². The summed E-state index contributed by atoms with van der Waals surface area (Å²) in [5, 5.41) is 8.35. The van der Waals surface area contributed by atoms with Gasteiger partial charge >= 0.3 is 0 Å². The van der Waals surface area contributed by atoms with Crippen LogP contribution in [0, 0.1) is 6.92 Å². The van der Waals surface area contributed by atoms with Crippen LogP contribution >= 0.6 is 11.8 Å². The van der Waals surface area contributed by atoms with Crippen molar-refractivity contribution < 1.29 is 9.53 Å². The van der Waals surface area contributed by atoms with Gasteiger partial charge in [-0.25, -0.2) is 0 Å². The fraction of sp³-hybridized carbons (Fsp3) is 0.667. The molecule has 22 heavy (non-hydrogen) atoms. The molecule has 0 aliphatic carbocycles. The highest BCUT2D eigenvalue weighted by Crippen LogP contribution is 2.46. The fourth-order valence-corrected chi connectivity index (χ4v) is 4.37. The lowest BCUT2D eigenvalue weighted by Crippen LogP contribution is -2.59. The zero-order valence-electron chi connectivity index (χ0n) is 13.3. The quantitative estimate of drug-likeness (QED) is 0.823. The van der Waals surface area contributed by atoms with E-state index < -0.39 is 0 Å². The number of ether oxygens (including phenoxy) is 1. The minimum absolute atomic E-state index is 0.0242. The Bertz CT molecular complexity index is 543. The van der Waals surface area contributed by atoms with Gasteiger partial charge in [-0.3, -0.25) is 4.79 Å². The first kappa shape index (κ1) is 15.6. The summed E-state index contributed by atoms with van der Waals surface area (Å²) in [5.41, 5.74) is 0.938. The fourth-order valence-electron chi connectivity index (χ4n) is 2.82. The maximum atomic E-state index is 11.6. The molecule has 1 aromatic rings. The van der Waals surface area contributed by atoms with Crippen molar-refractivity contribution in [1.29, 1.82) is 0 Å². The molecule has 2 fully saturated rings. The van der Waals surface area contributed by atoms with Crippen LogP contribution in [0.1, 0.15) is 12.1 Å². The third-order valence-corrected chi connectivity index (χ3v) is 5.76. The number of thioether (sulfide) groups is 1. The molecule has 1 spiro atoms. The first-order chi connectivity index (χ1) is 10.5. The van der Waals surface area contributed by atoms with Crippen LogP contribution in [0.25, 0.3) is 0 Å². The van der Waals surface area contributed by atoms with Gasteiger partial charge in [0.2, 0.25) is 5.91 Å². The Kier molecular flexibility index (Phi) is 4.27. The SMILES string of the molecule is Cc1ccc(N2CC3(CC(OCC(=O)N(C)C)CS3)C2)nn1. The zero-order valence-corrected chi connectivity index (χ0v) is 14.1. The lowest BCUT2D eigenvalue weighted by molar-refractivity contribution is -0.135. The van der Waals surface area contributed by atoms with Crippen molar-refractivity contribution in [3.63, 3.8) is 0 Å². The van der Waals surface area contributed by atoms with Gasteiger partial charge < -0.3 is 14.5 Å². The molecule has 0 aromatic carbocycles. The second-order valence-corrected chi connectivity index (χ2v) is 7.80. The van der Waals surface area contributed by atoms with E-state index in [0.29, 0.717) is 0 Å². The Morgan fingerprint density at radius 1 is 1.45 bits per heavy atom. The molecule has 2 aliphatic heterocycles. The van der Waals surface area contributed by atoms with Gasteiger partial charge in [0.15, 0.2) is 5.82 Å². The Morgan fingerprint density at radius 3 is 2.86 bits per heavy atom. The van der Waals surface area contributed by atoms with E-state index in [1.54, 1.807) is 19.0 Å². The minimum Gasteiger partial charge on any atom is -0.367 e. The van der Waals surface area contributed by atoms with Crippen LogP contribution in [0.5, 0.6) is 0 Å². The Balaban J connectivity index is 1.48. The Labute approximate surface area is 135 Å². The highest BCUT2D eigenvalue weighted by atomic mass is 32.2. The number of likely N-dealkylation sites (N-methyl/N-ethyl adjacent to an activating group) is 1. The van der Waals surface area contributed by atoms with Crippen molar-refractivity contribution in [2.45, 2.75) is 24.2 Å². The first-order valence-corrected chi connectivity index (χ1v) is 8.47. The maximum absolute atomic E-state index is 11.6. The highest BCUT2D eigenvalue weighted by molar-refractivity contribution is 8.01. The van der Waals surface area contributed by atoms with Gasteiger partial charge in [-0.15, -0.1) is 16.9 Å². The summed E-state index contributed by atoms with van der Waals surface area (Å²) in [5.74, 6) is 1.94. The average molecular weight is 322 g/mol. The average Bonchev–Trinajstić information content (AvgIpc) is 2.88. The molecule has 3 rings (SSSR count). The lowest BCUT2D eigenvalue weighted by atomic mass is 9.93. The van der Waals surface area contributed by atoms with Gasteiger partial charge in [0.1, 0.15) is 6.61 Å². The molecule has 7 heteroatoms. The molecule has 6 nitrogen and oxygen atoms in total. The number of anilines is 1. The molecule has 1 amide bonds. The van der Waals surface area contributed by atoms with E-state index in [1.807, 2.05) is 30.8 Å². The molecular formula is C15H22N4O2S. The van der Waals surface area contributed by atoms with Gasteiger partial charge in [-0.1, -0.05) is 0 Å². The minimum atomic E-state index is 0.0242. The maximum Gasteiger partial charge on any atom is 0.248 e. The summed E-state index contributed by atoms with van der Waals surface area (Å²) in [4.78, 5) is 15.4. The van der Waals surface area contributed by atoms with Crippen LogP contribution in [0.15, 0.2) is 12.1 Å². The van der Waals surface area contributed by atoms with Crippen molar-refractivity contribution in [2.75, 3.05) is 44.4 Å². The lowest BCUT2D eigenvalue weighted by Gasteiger charge is -2.48. The Morgan fingerprint density at radius 2 is 2.23 bits per heavy atom. The van der Waals surface area contributed by atoms with Crippen LogP contribution in [-0.2, 0) is 9.53 Å². The van der Waals surface area contributed by atoms with Crippen LogP contribution in [0.2, 0.25) is 0 Å². The number of aryl methyl sites for hydroxylation is 1. The number of carbonyl (C=O) groups excluding carboxylic acids is 1.